The first-order valence-electron chi connectivity index (χ1n) is 9.24. The van der Waals surface area contributed by atoms with Crippen molar-refractivity contribution < 1.29 is 9.53 Å². The molecule has 0 atom stereocenters. The van der Waals surface area contributed by atoms with Crippen molar-refractivity contribution in [2.24, 2.45) is 5.73 Å². The molecule has 1 aliphatic rings. The van der Waals surface area contributed by atoms with Crippen LogP contribution < -0.4 is 20.7 Å². The second-order valence-corrected chi connectivity index (χ2v) is 6.99. The Morgan fingerprint density at radius 1 is 1.29 bits per heavy atom. The standard InChI is InChI=1S/C19H25ClN6O2/c1-28-17-4-3-14(20)13-16(17)26-11-9-25(10-12-26)8-2-6-22-19-23-7-5-15(24-19)18(21)27/h3-5,7,13H,2,6,8-12H2,1H3,(H2,21,27)(H,22,23,24). The lowest BCUT2D eigenvalue weighted by molar-refractivity contribution is 0.0995. The van der Waals surface area contributed by atoms with Crippen molar-refractivity contribution >= 4 is 29.1 Å². The second kappa shape index (κ2) is 9.57. The fourth-order valence-corrected chi connectivity index (χ4v) is 3.37. The topological polar surface area (TPSA) is 96.6 Å². The lowest BCUT2D eigenvalue weighted by Crippen LogP contribution is -2.47. The van der Waals surface area contributed by atoms with Gasteiger partial charge >= 0.3 is 0 Å². The minimum Gasteiger partial charge on any atom is -0.495 e. The van der Waals surface area contributed by atoms with Gasteiger partial charge in [0.15, 0.2) is 0 Å². The Kier molecular flexibility index (Phi) is 6.89. The van der Waals surface area contributed by atoms with Crippen LogP contribution in [0.3, 0.4) is 0 Å². The first-order chi connectivity index (χ1) is 13.6. The predicted molar refractivity (Wildman–Crippen MR) is 110 cm³/mol. The summed E-state index contributed by atoms with van der Waals surface area (Å²) in [7, 11) is 1.68. The maximum atomic E-state index is 11.2. The zero-order valence-electron chi connectivity index (χ0n) is 15.9. The summed E-state index contributed by atoms with van der Waals surface area (Å²) in [5.41, 5.74) is 6.49. The number of nitrogens with one attached hydrogen (secondary N) is 1. The molecule has 3 N–H and O–H groups in total. The molecule has 1 aliphatic heterocycles. The number of benzene rings is 1. The van der Waals surface area contributed by atoms with Gasteiger partial charge in [-0.1, -0.05) is 11.6 Å². The van der Waals surface area contributed by atoms with E-state index in [2.05, 4.69) is 25.1 Å². The van der Waals surface area contributed by atoms with Crippen molar-refractivity contribution in [1.82, 2.24) is 14.9 Å². The summed E-state index contributed by atoms with van der Waals surface area (Å²) in [6.45, 7) is 5.50. The monoisotopic (exact) mass is 404 g/mol. The van der Waals surface area contributed by atoms with Gasteiger partial charge < -0.3 is 20.7 Å². The highest BCUT2D eigenvalue weighted by atomic mass is 35.5. The van der Waals surface area contributed by atoms with Crippen LogP contribution in [0.5, 0.6) is 5.75 Å². The summed E-state index contributed by atoms with van der Waals surface area (Å²) in [4.78, 5) is 24.1. The Hall–Kier alpha value is -2.58. The second-order valence-electron chi connectivity index (χ2n) is 6.55. The van der Waals surface area contributed by atoms with Gasteiger partial charge in [-0.05, 0) is 37.2 Å². The molecule has 150 valence electrons. The number of hydrogen-bond donors (Lipinski definition) is 2. The van der Waals surface area contributed by atoms with E-state index in [1.54, 1.807) is 7.11 Å². The Labute approximate surface area is 169 Å². The molecule has 0 unspecified atom stereocenters. The fourth-order valence-electron chi connectivity index (χ4n) is 3.21. The smallest absolute Gasteiger partial charge is 0.267 e. The molecule has 2 heterocycles. The SMILES string of the molecule is COc1ccc(Cl)cc1N1CCN(CCCNc2nccc(C(N)=O)n2)CC1. The van der Waals surface area contributed by atoms with Gasteiger partial charge in [-0.2, -0.15) is 0 Å². The van der Waals surface area contributed by atoms with Gasteiger partial charge in [0.25, 0.3) is 5.91 Å². The quantitative estimate of drug-likeness (QED) is 0.648. The number of carbonyl (C=O) groups is 1. The van der Waals surface area contributed by atoms with E-state index in [4.69, 9.17) is 22.1 Å². The Morgan fingerprint density at radius 3 is 2.79 bits per heavy atom. The minimum absolute atomic E-state index is 0.213. The molecule has 1 amide bonds. The van der Waals surface area contributed by atoms with Crippen LogP contribution in [0.25, 0.3) is 0 Å². The number of nitrogens with zero attached hydrogens (tertiary/aromatic N) is 4. The zero-order valence-corrected chi connectivity index (χ0v) is 16.7. The number of halogens is 1. The molecule has 1 aromatic heterocycles. The number of primary amides is 1. The van der Waals surface area contributed by atoms with Gasteiger partial charge in [0.1, 0.15) is 11.4 Å². The van der Waals surface area contributed by atoms with Gasteiger partial charge in [-0.15, -0.1) is 0 Å². The molecule has 3 rings (SSSR count). The summed E-state index contributed by atoms with van der Waals surface area (Å²) in [5, 5.41) is 3.85. The van der Waals surface area contributed by atoms with Crippen LogP contribution in [-0.2, 0) is 0 Å². The molecule has 0 bridgehead atoms. The molecule has 1 aromatic carbocycles. The number of aromatic nitrogens is 2. The average molecular weight is 405 g/mol. The molecule has 1 fully saturated rings. The summed E-state index contributed by atoms with van der Waals surface area (Å²) >= 11 is 6.15. The molecule has 28 heavy (non-hydrogen) atoms. The number of anilines is 2. The Bertz CT molecular complexity index is 811. The number of amides is 1. The first kappa shape index (κ1) is 20.2. The summed E-state index contributed by atoms with van der Waals surface area (Å²) in [5.74, 6) is 0.717. The van der Waals surface area contributed by atoms with Gasteiger partial charge in [-0.3, -0.25) is 9.69 Å². The maximum Gasteiger partial charge on any atom is 0.267 e. The van der Waals surface area contributed by atoms with E-state index in [-0.39, 0.29) is 5.69 Å². The number of methoxy groups -OCH3 is 1. The van der Waals surface area contributed by atoms with Crippen molar-refractivity contribution in [1.29, 1.82) is 0 Å². The van der Waals surface area contributed by atoms with E-state index in [0.29, 0.717) is 11.0 Å². The normalized spacial score (nSPS) is 14.7. The van der Waals surface area contributed by atoms with Crippen LogP contribution in [0, 0.1) is 0 Å². The van der Waals surface area contributed by atoms with Gasteiger partial charge in [0.05, 0.1) is 12.8 Å². The van der Waals surface area contributed by atoms with E-state index in [0.717, 1.165) is 57.1 Å². The zero-order chi connectivity index (χ0) is 19.9. The Morgan fingerprint density at radius 2 is 2.07 bits per heavy atom. The molecule has 0 radical (unpaired) electrons. The molecule has 0 aliphatic carbocycles. The van der Waals surface area contributed by atoms with Crippen LogP contribution in [0.1, 0.15) is 16.9 Å². The third-order valence-corrected chi connectivity index (χ3v) is 4.93. The largest absolute Gasteiger partial charge is 0.495 e. The lowest BCUT2D eigenvalue weighted by Gasteiger charge is -2.36. The van der Waals surface area contributed by atoms with Gasteiger partial charge in [0.2, 0.25) is 5.95 Å². The summed E-state index contributed by atoms with van der Waals surface area (Å²) < 4.78 is 5.46. The molecule has 0 saturated carbocycles. The first-order valence-corrected chi connectivity index (χ1v) is 9.62. The van der Waals surface area contributed by atoms with E-state index in [1.165, 1.54) is 12.3 Å². The molecule has 9 heteroatoms. The fraction of sp³-hybridized carbons (Fsp3) is 0.421. The summed E-state index contributed by atoms with van der Waals surface area (Å²) in [6, 6.07) is 7.21. The van der Waals surface area contributed by atoms with Crippen LogP contribution in [-0.4, -0.2) is 67.2 Å². The molecule has 1 saturated heterocycles. The van der Waals surface area contributed by atoms with Crippen molar-refractivity contribution in [2.45, 2.75) is 6.42 Å². The van der Waals surface area contributed by atoms with E-state index in [9.17, 15) is 4.79 Å². The van der Waals surface area contributed by atoms with Crippen molar-refractivity contribution in [3.63, 3.8) is 0 Å². The predicted octanol–water partition coefficient (Wildman–Crippen LogP) is 1.86. The number of hydrogen-bond acceptors (Lipinski definition) is 7. The lowest BCUT2D eigenvalue weighted by atomic mass is 10.2. The number of piperazine rings is 1. The number of ether oxygens (including phenoxy) is 1. The molecule has 0 spiro atoms. The average Bonchev–Trinajstić information content (AvgIpc) is 2.72. The number of carbonyl (C=O) groups excluding carboxylic acids is 1. The third-order valence-electron chi connectivity index (χ3n) is 4.70. The van der Waals surface area contributed by atoms with Gasteiger partial charge in [-0.25, -0.2) is 9.97 Å². The van der Waals surface area contributed by atoms with E-state index < -0.39 is 5.91 Å². The van der Waals surface area contributed by atoms with Gasteiger partial charge in [0, 0.05) is 43.9 Å². The Balaban J connectivity index is 1.42. The van der Waals surface area contributed by atoms with E-state index in [1.807, 2.05) is 18.2 Å². The highest BCUT2D eigenvalue weighted by Gasteiger charge is 2.19. The van der Waals surface area contributed by atoms with Crippen LogP contribution in [0.4, 0.5) is 11.6 Å². The van der Waals surface area contributed by atoms with E-state index >= 15 is 0 Å². The third kappa shape index (κ3) is 5.24. The molecular formula is C19H25ClN6O2. The number of rotatable bonds is 8. The van der Waals surface area contributed by atoms with Crippen molar-refractivity contribution in [2.75, 3.05) is 56.6 Å². The van der Waals surface area contributed by atoms with Crippen LogP contribution in [0.2, 0.25) is 5.02 Å². The molecule has 2 aromatic rings. The van der Waals surface area contributed by atoms with Crippen molar-refractivity contribution in [3.8, 4) is 5.75 Å². The van der Waals surface area contributed by atoms with Crippen LogP contribution >= 0.6 is 11.6 Å². The minimum atomic E-state index is -0.556. The maximum absolute atomic E-state index is 11.2. The highest BCUT2D eigenvalue weighted by molar-refractivity contribution is 6.30. The molecular weight excluding hydrogens is 380 g/mol. The highest BCUT2D eigenvalue weighted by Crippen LogP contribution is 2.31. The summed E-state index contributed by atoms with van der Waals surface area (Å²) in [6.07, 6.45) is 2.48. The van der Waals surface area contributed by atoms with Crippen molar-refractivity contribution in [3.05, 3.63) is 41.2 Å². The van der Waals surface area contributed by atoms with Crippen LogP contribution in [0.15, 0.2) is 30.5 Å². The number of nitrogens with two attached hydrogens (primary N) is 1. The molecule has 8 nitrogen and oxygen atoms in total.